The molecule has 1 heterocycles. The third kappa shape index (κ3) is 4.50. The van der Waals surface area contributed by atoms with Crippen LogP contribution < -0.4 is 13.6 Å². The SMILES string of the molecule is CCc1ccccc1-c1c(CC)ccc2c1C=C(c1ccccc1)[CH]2[Zr]([Cl])([Cl])[c]1cccc2c1[SiH2]c1ccccc1-2. The summed E-state index contributed by atoms with van der Waals surface area (Å²) in [4.78, 5) is 0. The van der Waals surface area contributed by atoms with Crippen molar-refractivity contribution in [2.45, 2.75) is 30.3 Å². The van der Waals surface area contributed by atoms with Gasteiger partial charge in [0.2, 0.25) is 0 Å². The summed E-state index contributed by atoms with van der Waals surface area (Å²) in [6.07, 6.45) is 4.41. The van der Waals surface area contributed by atoms with Crippen molar-refractivity contribution in [2.24, 2.45) is 0 Å². The summed E-state index contributed by atoms with van der Waals surface area (Å²) in [6, 6.07) is 40.0. The summed E-state index contributed by atoms with van der Waals surface area (Å²) in [5.74, 6) is 0. The van der Waals surface area contributed by atoms with Crippen LogP contribution in [0, 0.1) is 0 Å². The number of fused-ring (bicyclic) bond motifs is 4. The van der Waals surface area contributed by atoms with Gasteiger partial charge in [0.25, 0.3) is 0 Å². The molecule has 0 N–H and O–H groups in total. The van der Waals surface area contributed by atoms with Crippen LogP contribution in [0.1, 0.15) is 45.3 Å². The number of allylic oxidation sites excluding steroid dienone is 1. The van der Waals surface area contributed by atoms with Crippen LogP contribution in [-0.4, -0.2) is 9.52 Å². The van der Waals surface area contributed by atoms with Crippen LogP contribution in [0.25, 0.3) is 33.9 Å². The second-order valence-corrected chi connectivity index (χ2v) is 27.0. The first-order valence-electron chi connectivity index (χ1n) is 14.6. The van der Waals surface area contributed by atoms with E-state index < -0.39 is 27.4 Å². The van der Waals surface area contributed by atoms with Gasteiger partial charge in [0.05, 0.1) is 0 Å². The molecule has 0 amide bonds. The molecule has 2 aliphatic rings. The fourth-order valence-corrected chi connectivity index (χ4v) is 23.5. The number of hydrogen-bond donors (Lipinski definition) is 0. The van der Waals surface area contributed by atoms with Gasteiger partial charge in [-0.3, -0.25) is 0 Å². The van der Waals surface area contributed by atoms with Gasteiger partial charge >= 0.3 is 259 Å². The van der Waals surface area contributed by atoms with E-state index >= 15 is 0 Å². The molecule has 0 saturated heterocycles. The molecule has 0 aromatic heterocycles. The molecule has 1 unspecified atom stereocenters. The van der Waals surface area contributed by atoms with Crippen LogP contribution in [0.5, 0.6) is 0 Å². The Bertz CT molecular complexity index is 1820. The Morgan fingerprint density at radius 2 is 1.34 bits per heavy atom. The first kappa shape index (κ1) is 27.4. The van der Waals surface area contributed by atoms with Crippen molar-refractivity contribution in [3.63, 3.8) is 0 Å². The minimum atomic E-state index is -4.11. The van der Waals surface area contributed by atoms with E-state index in [0.29, 0.717) is 0 Å². The Hall–Kier alpha value is -2.48. The van der Waals surface area contributed by atoms with E-state index in [1.54, 1.807) is 0 Å². The minimum absolute atomic E-state index is 0.00712. The molecule has 1 aliphatic carbocycles. The van der Waals surface area contributed by atoms with E-state index in [2.05, 4.69) is 129 Å². The second-order valence-electron chi connectivity index (χ2n) is 11.2. The van der Waals surface area contributed by atoms with Crippen LogP contribution >= 0.6 is 17.0 Å². The molecule has 1 atom stereocenters. The number of benzene rings is 5. The van der Waals surface area contributed by atoms with Gasteiger partial charge in [0.15, 0.2) is 0 Å². The number of aryl methyl sites for hydroxylation is 2. The van der Waals surface area contributed by atoms with Gasteiger partial charge in [-0.05, 0) is 0 Å². The number of hydrogen-bond acceptors (Lipinski definition) is 0. The van der Waals surface area contributed by atoms with E-state index in [4.69, 9.17) is 17.0 Å². The van der Waals surface area contributed by atoms with Gasteiger partial charge < -0.3 is 0 Å². The quantitative estimate of drug-likeness (QED) is 0.158. The maximum atomic E-state index is 7.95. The van der Waals surface area contributed by atoms with Gasteiger partial charge in [0.1, 0.15) is 0 Å². The van der Waals surface area contributed by atoms with Crippen molar-refractivity contribution in [1.82, 2.24) is 0 Å². The van der Waals surface area contributed by atoms with Gasteiger partial charge in [-0.15, -0.1) is 0 Å². The topological polar surface area (TPSA) is 0 Å². The Labute approximate surface area is 257 Å². The standard InChI is InChI=1S/C25H23.C12H9Si.2ClH.Zr/c1-3-18-10-8-9-13-23(18)25-19(4-2)14-15-21-16-22(17-24(21)25)20-11-6-5-7-12-20;1-3-7-11-9(5-1)10-6-2-4-8-12(10)13-11;;;/h5-17H,3-4H2,1-2H3;1-7H,13H2;2*1H;/q;;;;+2/p-2. The Kier molecular flexibility index (Phi) is 7.32. The summed E-state index contributed by atoms with van der Waals surface area (Å²) >= 11 is -4.11. The van der Waals surface area contributed by atoms with E-state index in [1.807, 2.05) is 0 Å². The monoisotopic (exact) mass is 664 g/mol. The first-order chi connectivity index (χ1) is 20.0. The van der Waals surface area contributed by atoms with Crippen LogP contribution in [0.15, 0.2) is 109 Å². The summed E-state index contributed by atoms with van der Waals surface area (Å²) < 4.78 is 1.28. The zero-order chi connectivity index (χ0) is 28.1. The molecular formula is C37H32Cl2SiZr. The molecule has 0 nitrogen and oxygen atoms in total. The molecule has 1 aliphatic heterocycles. The third-order valence-corrected chi connectivity index (χ3v) is 23.2. The van der Waals surface area contributed by atoms with Crippen molar-refractivity contribution in [1.29, 1.82) is 0 Å². The summed E-state index contributed by atoms with van der Waals surface area (Å²) in [5, 5.41) is 2.97. The van der Waals surface area contributed by atoms with E-state index in [0.717, 1.165) is 12.8 Å². The Balaban J connectivity index is 1.47. The number of halogens is 2. The molecule has 0 radical (unpaired) electrons. The van der Waals surface area contributed by atoms with Gasteiger partial charge in [0, 0.05) is 0 Å². The third-order valence-electron chi connectivity index (χ3n) is 9.02. The molecule has 202 valence electrons. The molecule has 5 aromatic carbocycles. The van der Waals surface area contributed by atoms with Crippen molar-refractivity contribution >= 4 is 51.8 Å². The zero-order valence-corrected chi connectivity index (χ0v) is 28.8. The molecule has 0 saturated carbocycles. The van der Waals surface area contributed by atoms with Crippen LogP contribution in [0.2, 0.25) is 0 Å². The average molecular weight is 667 g/mol. The fraction of sp³-hybridized carbons (Fsp3) is 0.135. The molecule has 0 spiro atoms. The summed E-state index contributed by atoms with van der Waals surface area (Å²) in [7, 11) is 15.3. The average Bonchev–Trinajstić information content (AvgIpc) is 3.60. The molecule has 5 aromatic rings. The van der Waals surface area contributed by atoms with Gasteiger partial charge in [-0.1, -0.05) is 0 Å². The van der Waals surface area contributed by atoms with E-state index in [-0.39, 0.29) is 3.63 Å². The maximum absolute atomic E-state index is 7.95. The Morgan fingerprint density at radius 3 is 2.12 bits per heavy atom. The molecule has 7 rings (SSSR count). The Morgan fingerprint density at radius 1 is 0.659 bits per heavy atom. The predicted molar refractivity (Wildman–Crippen MR) is 179 cm³/mol. The van der Waals surface area contributed by atoms with Gasteiger partial charge in [-0.25, -0.2) is 0 Å². The summed E-state index contributed by atoms with van der Waals surface area (Å²) in [6.45, 7) is 4.51. The van der Waals surface area contributed by atoms with Crippen molar-refractivity contribution in [2.75, 3.05) is 0 Å². The molecule has 0 bridgehead atoms. The van der Waals surface area contributed by atoms with Gasteiger partial charge in [-0.2, -0.15) is 0 Å². The molecule has 4 heteroatoms. The second kappa shape index (κ2) is 11.0. The molecule has 0 fully saturated rings. The van der Waals surface area contributed by atoms with Crippen LogP contribution in [-0.2, 0) is 30.7 Å². The normalized spacial score (nSPS) is 15.9. The van der Waals surface area contributed by atoms with Crippen LogP contribution in [0.4, 0.5) is 0 Å². The van der Waals surface area contributed by atoms with E-state index in [9.17, 15) is 0 Å². The first-order valence-corrected chi connectivity index (χ1v) is 25.0. The van der Waals surface area contributed by atoms with Crippen molar-refractivity contribution < 1.29 is 17.9 Å². The van der Waals surface area contributed by atoms with Crippen molar-refractivity contribution in [3.05, 3.63) is 137 Å². The number of rotatable bonds is 6. The van der Waals surface area contributed by atoms with Crippen LogP contribution in [0.3, 0.4) is 0 Å². The zero-order valence-electron chi connectivity index (χ0n) is 23.4. The molecular weight excluding hydrogens is 635 g/mol. The fourth-order valence-electron chi connectivity index (χ4n) is 7.08. The summed E-state index contributed by atoms with van der Waals surface area (Å²) in [5.41, 5.74) is 13.3. The van der Waals surface area contributed by atoms with Crippen molar-refractivity contribution in [3.8, 4) is 22.3 Å². The molecule has 41 heavy (non-hydrogen) atoms. The predicted octanol–water partition coefficient (Wildman–Crippen LogP) is 7.96. The van der Waals surface area contributed by atoms with E-state index in [1.165, 1.54) is 69.3 Å².